The highest BCUT2D eigenvalue weighted by atomic mass is 79.9. The molecule has 2 rings (SSSR count). The fraction of sp³-hybridized carbons (Fsp3) is 0.133. The summed E-state index contributed by atoms with van der Waals surface area (Å²) in [4.78, 5) is 0. The second-order valence-corrected chi connectivity index (χ2v) is 5.07. The molecular formula is C15H10BrClFNO. The minimum absolute atomic E-state index is 0.0913. The second kappa shape index (κ2) is 6.74. The van der Waals surface area contributed by atoms with E-state index < -0.39 is 5.82 Å². The molecule has 0 radical (unpaired) electrons. The number of alkyl halides is 1. The smallest absolute Gasteiger partial charge is 0.138 e. The van der Waals surface area contributed by atoms with E-state index in [-0.39, 0.29) is 6.61 Å². The topological polar surface area (TPSA) is 33.0 Å². The number of rotatable bonds is 4. The molecule has 0 unspecified atom stereocenters. The monoisotopic (exact) mass is 353 g/mol. The minimum Gasteiger partial charge on any atom is -0.487 e. The van der Waals surface area contributed by atoms with Crippen LogP contribution in [0.3, 0.4) is 0 Å². The Labute approximate surface area is 129 Å². The summed E-state index contributed by atoms with van der Waals surface area (Å²) in [6.07, 6.45) is 0. The Bertz CT molecular complexity index is 669. The zero-order valence-corrected chi connectivity index (χ0v) is 12.7. The molecule has 0 spiro atoms. The minimum atomic E-state index is -0.400. The molecule has 0 heterocycles. The van der Waals surface area contributed by atoms with Gasteiger partial charge < -0.3 is 4.74 Å². The molecule has 0 amide bonds. The van der Waals surface area contributed by atoms with Crippen LogP contribution >= 0.6 is 27.5 Å². The largest absolute Gasteiger partial charge is 0.487 e. The van der Waals surface area contributed by atoms with E-state index in [0.717, 1.165) is 5.56 Å². The van der Waals surface area contributed by atoms with Gasteiger partial charge in [-0.25, -0.2) is 4.39 Å². The molecule has 0 aliphatic carbocycles. The highest BCUT2D eigenvalue weighted by Gasteiger charge is 2.07. The molecule has 5 heteroatoms. The third-order valence-electron chi connectivity index (χ3n) is 2.72. The highest BCUT2D eigenvalue weighted by Crippen LogP contribution is 2.27. The molecule has 2 nitrogen and oxygen atoms in total. The highest BCUT2D eigenvalue weighted by molar-refractivity contribution is 9.08. The summed E-state index contributed by atoms with van der Waals surface area (Å²) in [6.45, 7) is 0.0913. The molecule has 2 aromatic rings. The van der Waals surface area contributed by atoms with E-state index in [0.29, 0.717) is 27.2 Å². The predicted octanol–water partition coefficient (Wildman–Crippen LogP) is 4.82. The normalized spacial score (nSPS) is 10.1. The van der Waals surface area contributed by atoms with E-state index in [1.165, 1.54) is 18.2 Å². The first-order chi connectivity index (χ1) is 9.63. The van der Waals surface area contributed by atoms with Crippen LogP contribution in [0.25, 0.3) is 0 Å². The van der Waals surface area contributed by atoms with Gasteiger partial charge in [-0.05, 0) is 35.9 Å². The molecule has 20 heavy (non-hydrogen) atoms. The Balaban J connectivity index is 2.17. The molecule has 0 aromatic heterocycles. The number of benzene rings is 2. The maximum absolute atomic E-state index is 13.2. The zero-order chi connectivity index (χ0) is 14.5. The molecule has 0 aliphatic heterocycles. The number of hydrogen-bond acceptors (Lipinski definition) is 2. The van der Waals surface area contributed by atoms with Crippen molar-refractivity contribution in [2.45, 2.75) is 11.9 Å². The first-order valence-electron chi connectivity index (χ1n) is 5.79. The van der Waals surface area contributed by atoms with Gasteiger partial charge in [-0.3, -0.25) is 0 Å². The Morgan fingerprint density at radius 2 is 2.05 bits per heavy atom. The summed E-state index contributed by atoms with van der Waals surface area (Å²) in [5.41, 5.74) is 1.92. The van der Waals surface area contributed by atoms with Gasteiger partial charge >= 0.3 is 0 Å². The molecule has 102 valence electrons. The summed E-state index contributed by atoms with van der Waals surface area (Å²) in [5.74, 6) is 0.104. The van der Waals surface area contributed by atoms with Crippen LogP contribution in [-0.2, 0) is 11.9 Å². The van der Waals surface area contributed by atoms with Crippen LogP contribution in [0.15, 0.2) is 36.4 Å². The summed E-state index contributed by atoms with van der Waals surface area (Å²) in [7, 11) is 0. The zero-order valence-electron chi connectivity index (χ0n) is 10.4. The van der Waals surface area contributed by atoms with Crippen molar-refractivity contribution >= 4 is 27.5 Å². The van der Waals surface area contributed by atoms with Gasteiger partial charge in [0.2, 0.25) is 0 Å². The third-order valence-corrected chi connectivity index (χ3v) is 3.66. The molecule has 2 aromatic carbocycles. The van der Waals surface area contributed by atoms with E-state index in [9.17, 15) is 4.39 Å². The summed E-state index contributed by atoms with van der Waals surface area (Å²) < 4.78 is 18.7. The molecule has 0 atom stereocenters. The van der Waals surface area contributed by atoms with Crippen LogP contribution in [0.5, 0.6) is 5.75 Å². The first kappa shape index (κ1) is 14.8. The summed E-state index contributed by atoms with van der Waals surface area (Å²) in [5, 5.41) is 10.2. The van der Waals surface area contributed by atoms with E-state index >= 15 is 0 Å². The number of halogens is 3. The van der Waals surface area contributed by atoms with Gasteiger partial charge in [-0.1, -0.05) is 33.6 Å². The number of nitrogens with zero attached hydrogens (tertiary/aromatic N) is 1. The van der Waals surface area contributed by atoms with Gasteiger partial charge in [0.1, 0.15) is 18.2 Å². The van der Waals surface area contributed by atoms with Gasteiger partial charge in [0.05, 0.1) is 16.7 Å². The fourth-order valence-corrected chi connectivity index (χ4v) is 2.30. The third kappa shape index (κ3) is 3.50. The maximum atomic E-state index is 13.2. The second-order valence-electron chi connectivity index (χ2n) is 4.10. The van der Waals surface area contributed by atoms with Gasteiger partial charge in [-0.2, -0.15) is 5.26 Å². The van der Waals surface area contributed by atoms with Crippen LogP contribution in [0.2, 0.25) is 5.02 Å². The van der Waals surface area contributed by atoms with Gasteiger partial charge in [-0.15, -0.1) is 0 Å². The van der Waals surface area contributed by atoms with Crippen molar-refractivity contribution in [2.75, 3.05) is 0 Å². The summed E-state index contributed by atoms with van der Waals surface area (Å²) in [6, 6.07) is 11.4. The predicted molar refractivity (Wildman–Crippen MR) is 79.5 cm³/mol. The van der Waals surface area contributed by atoms with Crippen molar-refractivity contribution in [1.29, 1.82) is 5.26 Å². The quantitative estimate of drug-likeness (QED) is 0.737. The molecule has 0 bridgehead atoms. The van der Waals surface area contributed by atoms with Gasteiger partial charge in [0.15, 0.2) is 0 Å². The van der Waals surface area contributed by atoms with Crippen LogP contribution in [0.4, 0.5) is 4.39 Å². The Kier molecular flexibility index (Phi) is 4.99. The summed E-state index contributed by atoms with van der Waals surface area (Å²) >= 11 is 9.44. The number of hydrogen-bond donors (Lipinski definition) is 0. The lowest BCUT2D eigenvalue weighted by molar-refractivity contribution is 0.305. The fourth-order valence-electron chi connectivity index (χ4n) is 1.69. The Morgan fingerprint density at radius 1 is 1.25 bits per heavy atom. The molecular weight excluding hydrogens is 345 g/mol. The SMILES string of the molecule is N#Cc1ccc(F)cc1COc1ccc(CBr)cc1Cl. The first-order valence-corrected chi connectivity index (χ1v) is 7.29. The van der Waals surface area contributed by atoms with Crippen molar-refractivity contribution in [3.63, 3.8) is 0 Å². The molecule has 0 fully saturated rings. The van der Waals surface area contributed by atoms with E-state index in [1.54, 1.807) is 12.1 Å². The van der Waals surface area contributed by atoms with Crippen LogP contribution < -0.4 is 4.74 Å². The van der Waals surface area contributed by atoms with Crippen LogP contribution in [-0.4, -0.2) is 0 Å². The van der Waals surface area contributed by atoms with Crippen molar-refractivity contribution < 1.29 is 9.13 Å². The van der Waals surface area contributed by atoms with Crippen molar-refractivity contribution in [2.24, 2.45) is 0 Å². The van der Waals surface area contributed by atoms with E-state index in [4.69, 9.17) is 21.6 Å². The molecule has 0 aliphatic rings. The average Bonchev–Trinajstić information content (AvgIpc) is 2.46. The Morgan fingerprint density at radius 3 is 2.70 bits per heavy atom. The molecule has 0 saturated heterocycles. The lowest BCUT2D eigenvalue weighted by Crippen LogP contribution is -2.00. The van der Waals surface area contributed by atoms with Crippen molar-refractivity contribution in [3.05, 3.63) is 63.9 Å². The lowest BCUT2D eigenvalue weighted by atomic mass is 10.1. The van der Waals surface area contributed by atoms with Crippen LogP contribution in [0, 0.1) is 17.1 Å². The number of ether oxygens (including phenoxy) is 1. The van der Waals surface area contributed by atoms with E-state index in [2.05, 4.69) is 15.9 Å². The molecule has 0 saturated carbocycles. The Hall–Kier alpha value is -1.57. The van der Waals surface area contributed by atoms with Gasteiger partial charge in [0, 0.05) is 10.9 Å². The average molecular weight is 355 g/mol. The van der Waals surface area contributed by atoms with Crippen molar-refractivity contribution in [1.82, 2.24) is 0 Å². The number of nitriles is 1. The lowest BCUT2D eigenvalue weighted by Gasteiger charge is -2.10. The van der Waals surface area contributed by atoms with Gasteiger partial charge in [0.25, 0.3) is 0 Å². The molecule has 0 N–H and O–H groups in total. The van der Waals surface area contributed by atoms with E-state index in [1.807, 2.05) is 12.1 Å². The van der Waals surface area contributed by atoms with Crippen molar-refractivity contribution in [3.8, 4) is 11.8 Å². The van der Waals surface area contributed by atoms with Crippen LogP contribution in [0.1, 0.15) is 16.7 Å². The standard InChI is InChI=1S/C15H10BrClFNO/c16-7-10-1-4-15(14(17)5-10)20-9-12-6-13(18)3-2-11(12)8-19/h1-6H,7,9H2. The maximum Gasteiger partial charge on any atom is 0.138 e.